The molecule has 0 unspecified atom stereocenters. The quantitative estimate of drug-likeness (QED) is 0.556. The number of aliphatic hydroxyl groups excluding tert-OH is 2. The minimum absolute atomic E-state index is 0.354. The van der Waals surface area contributed by atoms with Gasteiger partial charge in [-0.05, 0) is 30.2 Å². The van der Waals surface area contributed by atoms with Gasteiger partial charge in [0.05, 0.1) is 6.61 Å². The molecule has 28 heavy (non-hydrogen) atoms. The molecule has 4 rings (SSSR count). The SMILES string of the molecule is OC[C@H]1O[C@H](Oc2ccccc2)[C@](O)(Cl)[C@@H](O)[C@@]1(O)N1CCc2ccccc21. The number of halogens is 1. The average molecular weight is 408 g/mol. The number of hydrogen-bond donors (Lipinski definition) is 4. The van der Waals surface area contributed by atoms with Gasteiger partial charge in [-0.15, -0.1) is 0 Å². The Morgan fingerprint density at radius 3 is 2.50 bits per heavy atom. The Labute approximate surface area is 167 Å². The van der Waals surface area contributed by atoms with Crippen molar-refractivity contribution in [2.75, 3.05) is 18.1 Å². The van der Waals surface area contributed by atoms with Gasteiger partial charge >= 0.3 is 0 Å². The summed E-state index contributed by atoms with van der Waals surface area (Å²) in [6.45, 7) is -0.252. The number of alkyl halides is 1. The summed E-state index contributed by atoms with van der Waals surface area (Å²) < 4.78 is 11.3. The largest absolute Gasteiger partial charge is 0.460 e. The first kappa shape index (κ1) is 19.4. The lowest BCUT2D eigenvalue weighted by Gasteiger charge is -2.54. The van der Waals surface area contributed by atoms with Crippen molar-refractivity contribution in [1.82, 2.24) is 0 Å². The molecule has 2 aromatic rings. The lowest BCUT2D eigenvalue weighted by Crippen LogP contribution is -2.77. The number of para-hydroxylation sites is 2. The number of fused-ring (bicyclic) bond motifs is 1. The Morgan fingerprint density at radius 1 is 1.11 bits per heavy atom. The third-order valence-electron chi connectivity index (χ3n) is 5.35. The van der Waals surface area contributed by atoms with Gasteiger partial charge in [-0.25, -0.2) is 0 Å². The molecule has 2 aliphatic rings. The smallest absolute Gasteiger partial charge is 0.246 e. The molecule has 2 aliphatic heterocycles. The number of nitrogens with zero attached hydrogens (tertiary/aromatic N) is 1. The van der Waals surface area contributed by atoms with E-state index in [2.05, 4.69) is 0 Å². The van der Waals surface area contributed by atoms with Gasteiger partial charge in [-0.3, -0.25) is 0 Å². The second kappa shape index (κ2) is 7.18. The zero-order valence-corrected chi connectivity index (χ0v) is 15.7. The lowest BCUT2D eigenvalue weighted by molar-refractivity contribution is -0.326. The maximum atomic E-state index is 11.5. The summed E-state index contributed by atoms with van der Waals surface area (Å²) in [4.78, 5) is 1.51. The highest BCUT2D eigenvalue weighted by molar-refractivity contribution is 6.23. The molecule has 1 fully saturated rings. The van der Waals surface area contributed by atoms with Crippen LogP contribution in [0, 0.1) is 0 Å². The van der Waals surface area contributed by atoms with Crippen LogP contribution in [0.2, 0.25) is 0 Å². The van der Waals surface area contributed by atoms with E-state index in [1.54, 1.807) is 42.5 Å². The fraction of sp³-hybridized carbons (Fsp3) is 0.400. The van der Waals surface area contributed by atoms with Crippen LogP contribution in [0.4, 0.5) is 5.69 Å². The van der Waals surface area contributed by atoms with E-state index >= 15 is 0 Å². The number of ether oxygens (including phenoxy) is 2. The molecule has 7 nitrogen and oxygen atoms in total. The Hall–Kier alpha value is -1.87. The maximum Gasteiger partial charge on any atom is 0.246 e. The monoisotopic (exact) mass is 407 g/mol. The highest BCUT2D eigenvalue weighted by atomic mass is 35.5. The van der Waals surface area contributed by atoms with Crippen LogP contribution in [-0.2, 0) is 11.2 Å². The van der Waals surface area contributed by atoms with Gasteiger partial charge < -0.3 is 34.8 Å². The summed E-state index contributed by atoms with van der Waals surface area (Å²) in [6, 6.07) is 15.9. The predicted molar refractivity (Wildman–Crippen MR) is 102 cm³/mol. The number of anilines is 1. The first-order chi connectivity index (χ1) is 13.4. The standard InChI is InChI=1S/C20H22ClNO6/c21-19(25)17(24)20(26,22-11-10-13-6-4-5-9-15(13)22)16(12-23)28-18(19)27-14-7-2-1-3-8-14/h1-9,16-18,23-26H,10-12H2/t16-,17-,18+,19+,20-/m1/s1. The Bertz CT molecular complexity index is 834. The topological polar surface area (TPSA) is 103 Å². The normalized spacial score (nSPS) is 34.9. The zero-order valence-electron chi connectivity index (χ0n) is 15.0. The van der Waals surface area contributed by atoms with Crippen LogP contribution in [0.3, 0.4) is 0 Å². The third-order valence-corrected chi connectivity index (χ3v) is 5.73. The van der Waals surface area contributed by atoms with E-state index in [0.29, 0.717) is 24.4 Å². The molecular weight excluding hydrogens is 386 g/mol. The van der Waals surface area contributed by atoms with E-state index in [9.17, 15) is 20.4 Å². The van der Waals surface area contributed by atoms with Gasteiger partial charge in [0.2, 0.25) is 11.4 Å². The van der Waals surface area contributed by atoms with E-state index in [1.807, 2.05) is 12.1 Å². The molecule has 8 heteroatoms. The first-order valence-electron chi connectivity index (χ1n) is 9.04. The van der Waals surface area contributed by atoms with Crippen molar-refractivity contribution in [1.29, 1.82) is 0 Å². The molecule has 2 heterocycles. The van der Waals surface area contributed by atoms with E-state index in [0.717, 1.165) is 5.56 Å². The predicted octanol–water partition coefficient (Wildman–Crippen LogP) is 0.822. The summed E-state index contributed by atoms with van der Waals surface area (Å²) in [5.41, 5.74) is -0.504. The molecule has 150 valence electrons. The molecule has 4 N–H and O–H groups in total. The summed E-state index contributed by atoms with van der Waals surface area (Å²) in [7, 11) is 0. The van der Waals surface area contributed by atoms with E-state index in [-0.39, 0.29) is 0 Å². The van der Waals surface area contributed by atoms with E-state index in [1.165, 1.54) is 4.90 Å². The van der Waals surface area contributed by atoms with Gasteiger partial charge in [-0.1, -0.05) is 48.0 Å². The highest BCUT2D eigenvalue weighted by Crippen LogP contribution is 2.45. The Kier molecular flexibility index (Phi) is 4.99. The summed E-state index contributed by atoms with van der Waals surface area (Å²) >= 11 is 6.24. The number of benzene rings is 2. The minimum atomic E-state index is -2.46. The van der Waals surface area contributed by atoms with Gasteiger partial charge in [0.1, 0.15) is 11.9 Å². The molecule has 1 saturated heterocycles. The van der Waals surface area contributed by atoms with Crippen molar-refractivity contribution in [2.24, 2.45) is 0 Å². The maximum absolute atomic E-state index is 11.5. The van der Waals surface area contributed by atoms with Gasteiger partial charge in [-0.2, -0.15) is 0 Å². The Balaban J connectivity index is 1.68. The van der Waals surface area contributed by atoms with Gasteiger partial charge in [0, 0.05) is 12.2 Å². The molecule has 0 aromatic heterocycles. The van der Waals surface area contributed by atoms with Crippen LogP contribution in [0.15, 0.2) is 54.6 Å². The lowest BCUT2D eigenvalue weighted by atomic mass is 9.89. The number of hydrogen-bond acceptors (Lipinski definition) is 7. The van der Waals surface area contributed by atoms with Gasteiger partial charge in [0.15, 0.2) is 11.8 Å². The van der Waals surface area contributed by atoms with Crippen molar-refractivity contribution in [3.05, 3.63) is 60.2 Å². The average Bonchev–Trinajstić information content (AvgIpc) is 3.14. The molecule has 0 radical (unpaired) electrons. The first-order valence-corrected chi connectivity index (χ1v) is 9.42. The van der Waals surface area contributed by atoms with Crippen molar-refractivity contribution < 1.29 is 29.9 Å². The van der Waals surface area contributed by atoms with Crippen LogP contribution in [0.25, 0.3) is 0 Å². The fourth-order valence-electron chi connectivity index (χ4n) is 3.89. The van der Waals surface area contributed by atoms with E-state index in [4.69, 9.17) is 21.1 Å². The van der Waals surface area contributed by atoms with Crippen LogP contribution in [0.1, 0.15) is 5.56 Å². The molecule has 0 spiro atoms. The molecule has 0 saturated carbocycles. The summed E-state index contributed by atoms with van der Waals surface area (Å²) in [6.07, 6.45) is -4.05. The second-order valence-corrected chi connectivity index (χ2v) is 7.62. The minimum Gasteiger partial charge on any atom is -0.460 e. The molecule has 0 amide bonds. The molecule has 0 bridgehead atoms. The van der Waals surface area contributed by atoms with Crippen molar-refractivity contribution >= 4 is 17.3 Å². The van der Waals surface area contributed by atoms with Crippen LogP contribution >= 0.6 is 11.6 Å². The summed E-state index contributed by atoms with van der Waals surface area (Å²) in [5, 5.41) is 40.7. The van der Waals surface area contributed by atoms with Crippen molar-refractivity contribution in [3.63, 3.8) is 0 Å². The molecule has 2 aromatic carbocycles. The van der Waals surface area contributed by atoms with Crippen molar-refractivity contribution in [2.45, 2.75) is 35.7 Å². The van der Waals surface area contributed by atoms with Crippen LogP contribution in [0.5, 0.6) is 5.75 Å². The van der Waals surface area contributed by atoms with E-state index < -0.39 is 35.9 Å². The highest BCUT2D eigenvalue weighted by Gasteiger charge is 2.66. The second-order valence-electron chi connectivity index (χ2n) is 7.01. The third kappa shape index (κ3) is 2.95. The molecule has 5 atom stereocenters. The number of rotatable bonds is 4. The van der Waals surface area contributed by atoms with Crippen LogP contribution < -0.4 is 9.64 Å². The fourth-order valence-corrected chi connectivity index (χ4v) is 4.15. The van der Waals surface area contributed by atoms with Crippen molar-refractivity contribution in [3.8, 4) is 5.75 Å². The van der Waals surface area contributed by atoms with Crippen LogP contribution in [-0.4, -0.2) is 62.9 Å². The molecular formula is C20H22ClNO6. The van der Waals surface area contributed by atoms with Gasteiger partial charge in [0.25, 0.3) is 0 Å². The zero-order chi connectivity index (χ0) is 19.9. The number of aliphatic hydroxyl groups is 4. The Morgan fingerprint density at radius 2 is 1.79 bits per heavy atom. The summed E-state index contributed by atoms with van der Waals surface area (Å²) in [5.74, 6) is 0.354. The molecule has 0 aliphatic carbocycles.